The molecule has 116 valence electrons. The minimum absolute atomic E-state index is 0.249. The Morgan fingerprint density at radius 3 is 2.33 bits per heavy atom. The van der Waals surface area contributed by atoms with E-state index in [2.05, 4.69) is 0 Å². The predicted octanol–water partition coefficient (Wildman–Crippen LogP) is 2.11. The maximum Gasteiger partial charge on any atom is 0.337 e. The molecular weight excluding hydrogens is 328 g/mol. The molecule has 0 bridgehead atoms. The Labute approximate surface area is 125 Å². The van der Waals surface area contributed by atoms with Crippen LogP contribution in [0.25, 0.3) is 0 Å². The molecule has 0 unspecified atom stereocenters. The molecule has 2 rings (SSSR count). The smallest absolute Gasteiger partial charge is 0.337 e. The number of hydrogen-bond donors (Lipinski definition) is 1. The third-order valence-electron chi connectivity index (χ3n) is 3.12. The number of benzene rings is 1. The molecule has 1 aliphatic rings. The van der Waals surface area contributed by atoms with Gasteiger partial charge < -0.3 is 5.11 Å². The Hall–Kier alpha value is -1.25. The van der Waals surface area contributed by atoms with E-state index in [1.807, 2.05) is 0 Å². The van der Waals surface area contributed by atoms with Crippen LogP contribution in [0.2, 0.25) is 5.02 Å². The first kappa shape index (κ1) is 16.1. The molecule has 21 heavy (non-hydrogen) atoms. The third-order valence-corrected chi connectivity index (χ3v) is 5.26. The number of hydrogen-bond acceptors (Lipinski definition) is 3. The highest BCUT2D eigenvalue weighted by Gasteiger charge is 2.35. The van der Waals surface area contributed by atoms with Crippen LogP contribution in [-0.4, -0.2) is 49.2 Å². The molecule has 1 aromatic rings. The number of nitrogens with zero attached hydrogens (tertiary/aromatic N) is 1. The summed E-state index contributed by atoms with van der Waals surface area (Å²) in [5.41, 5.74) is -0.249. The molecule has 1 N–H and O–H groups in total. The van der Waals surface area contributed by atoms with Crippen LogP contribution in [0.1, 0.15) is 16.8 Å². The zero-order valence-corrected chi connectivity index (χ0v) is 12.2. The summed E-state index contributed by atoms with van der Waals surface area (Å²) in [4.78, 5) is 10.5. The highest BCUT2D eigenvalue weighted by Crippen LogP contribution is 2.27. The number of piperidine rings is 1. The van der Waals surface area contributed by atoms with Gasteiger partial charge in [-0.15, -0.1) is 0 Å². The van der Waals surface area contributed by atoms with Gasteiger partial charge in [0.25, 0.3) is 0 Å². The van der Waals surface area contributed by atoms with Gasteiger partial charge in [0.1, 0.15) is 12.3 Å². The molecule has 1 heterocycles. The van der Waals surface area contributed by atoms with Crippen molar-refractivity contribution in [2.45, 2.75) is 23.7 Å². The van der Waals surface area contributed by atoms with Crippen molar-refractivity contribution in [1.82, 2.24) is 4.31 Å². The summed E-state index contributed by atoms with van der Waals surface area (Å²) in [6.07, 6.45) is -3.47. The van der Waals surface area contributed by atoms with E-state index in [0.29, 0.717) is 4.31 Å². The molecule has 0 radical (unpaired) electrons. The first-order chi connectivity index (χ1) is 9.71. The summed E-state index contributed by atoms with van der Waals surface area (Å²) in [5, 5.41) is 8.58. The van der Waals surface area contributed by atoms with Gasteiger partial charge in [-0.25, -0.2) is 22.0 Å². The summed E-state index contributed by atoms with van der Waals surface area (Å²) in [7, 11) is -4.12. The van der Waals surface area contributed by atoms with Crippen molar-refractivity contribution >= 4 is 27.6 Å². The minimum Gasteiger partial charge on any atom is -0.478 e. The second-order valence-electron chi connectivity index (χ2n) is 4.70. The molecule has 0 aromatic heterocycles. The van der Waals surface area contributed by atoms with Crippen LogP contribution < -0.4 is 0 Å². The van der Waals surface area contributed by atoms with E-state index in [1.165, 1.54) is 0 Å². The average molecular weight is 340 g/mol. The number of carbonyl (C=O) groups is 1. The highest BCUT2D eigenvalue weighted by atomic mass is 35.5. The molecule has 0 saturated carbocycles. The number of halogens is 3. The van der Waals surface area contributed by atoms with Gasteiger partial charge >= 0.3 is 5.97 Å². The van der Waals surface area contributed by atoms with Crippen LogP contribution in [0.15, 0.2) is 23.1 Å². The van der Waals surface area contributed by atoms with E-state index in [4.69, 9.17) is 16.7 Å². The van der Waals surface area contributed by atoms with Crippen LogP contribution in [0, 0.1) is 0 Å². The topological polar surface area (TPSA) is 74.7 Å². The fourth-order valence-corrected chi connectivity index (χ4v) is 3.97. The van der Waals surface area contributed by atoms with Crippen molar-refractivity contribution in [3.8, 4) is 0 Å². The van der Waals surface area contributed by atoms with Crippen LogP contribution in [0.4, 0.5) is 8.78 Å². The summed E-state index contributed by atoms with van der Waals surface area (Å²) in [5.74, 6) is -1.30. The number of carboxylic acid groups (broad SMARTS) is 1. The lowest BCUT2D eigenvalue weighted by Gasteiger charge is -2.30. The van der Waals surface area contributed by atoms with Crippen molar-refractivity contribution < 1.29 is 27.1 Å². The zero-order chi connectivity index (χ0) is 15.8. The van der Waals surface area contributed by atoms with Gasteiger partial charge in [0.05, 0.1) is 15.5 Å². The summed E-state index contributed by atoms with van der Waals surface area (Å²) in [6.45, 7) is -0.859. The van der Waals surface area contributed by atoms with Crippen LogP contribution in [0.3, 0.4) is 0 Å². The molecule has 1 aromatic carbocycles. The summed E-state index contributed by atoms with van der Waals surface area (Å²) >= 11 is 5.71. The zero-order valence-electron chi connectivity index (χ0n) is 10.7. The molecular formula is C12H12ClF2NO4S. The first-order valence-electron chi connectivity index (χ1n) is 6.03. The maximum absolute atomic E-state index is 13.3. The molecule has 1 saturated heterocycles. The van der Waals surface area contributed by atoms with Crippen molar-refractivity contribution in [2.24, 2.45) is 0 Å². The third kappa shape index (κ3) is 3.33. The Morgan fingerprint density at radius 2 is 1.86 bits per heavy atom. The second kappa shape index (κ2) is 5.86. The van der Waals surface area contributed by atoms with Crippen molar-refractivity contribution in [2.75, 3.05) is 13.1 Å². The molecule has 0 aliphatic carbocycles. The number of rotatable bonds is 3. The lowest BCUT2D eigenvalue weighted by molar-refractivity contribution is 0.0697. The van der Waals surface area contributed by atoms with Gasteiger partial charge in [-0.3, -0.25) is 0 Å². The number of alkyl halides is 2. The molecule has 0 amide bonds. The fraction of sp³-hybridized carbons (Fsp3) is 0.417. The monoisotopic (exact) mass is 339 g/mol. The van der Waals surface area contributed by atoms with Crippen LogP contribution in [0.5, 0.6) is 0 Å². The van der Waals surface area contributed by atoms with E-state index in [-0.39, 0.29) is 21.9 Å². The van der Waals surface area contributed by atoms with Gasteiger partial charge in [-0.1, -0.05) is 11.6 Å². The molecule has 9 heteroatoms. The average Bonchev–Trinajstić information content (AvgIpc) is 2.36. The van der Waals surface area contributed by atoms with Crippen LogP contribution in [-0.2, 0) is 10.0 Å². The highest BCUT2D eigenvalue weighted by molar-refractivity contribution is 7.89. The number of sulfonamides is 1. The molecule has 2 atom stereocenters. The number of aromatic carboxylic acids is 1. The van der Waals surface area contributed by atoms with E-state index >= 15 is 0 Å². The standard InChI is InChI=1S/C12H12ClF2NO4S/c13-11-4-9(1-2-10(11)12(17)18)21(19,20)16-5-7(14)3-8(15)6-16/h1-2,4,7-8H,3,5-6H2,(H,17,18)/t7-,8+. The predicted molar refractivity (Wildman–Crippen MR) is 71.6 cm³/mol. The summed E-state index contributed by atoms with van der Waals surface area (Å²) < 4.78 is 52.0. The quantitative estimate of drug-likeness (QED) is 0.915. The van der Waals surface area contributed by atoms with E-state index < -0.39 is 41.4 Å². The Bertz CT molecular complexity index is 657. The second-order valence-corrected chi connectivity index (χ2v) is 7.04. The fourth-order valence-electron chi connectivity index (χ4n) is 2.12. The van der Waals surface area contributed by atoms with Gasteiger partial charge in [-0.2, -0.15) is 4.31 Å². The Morgan fingerprint density at radius 1 is 1.29 bits per heavy atom. The SMILES string of the molecule is O=C(O)c1ccc(S(=O)(=O)N2C[C@H](F)C[C@H](F)C2)cc1Cl. The van der Waals surface area contributed by atoms with E-state index in [0.717, 1.165) is 18.2 Å². The molecule has 1 aliphatic heterocycles. The van der Waals surface area contributed by atoms with Crippen molar-refractivity contribution in [3.05, 3.63) is 28.8 Å². The first-order valence-corrected chi connectivity index (χ1v) is 7.84. The Balaban J connectivity index is 2.35. The largest absolute Gasteiger partial charge is 0.478 e. The molecule has 1 fully saturated rings. The molecule has 5 nitrogen and oxygen atoms in total. The van der Waals surface area contributed by atoms with Crippen molar-refractivity contribution in [3.63, 3.8) is 0 Å². The minimum atomic E-state index is -4.12. The van der Waals surface area contributed by atoms with E-state index in [1.54, 1.807) is 0 Å². The van der Waals surface area contributed by atoms with Gasteiger partial charge in [0, 0.05) is 19.5 Å². The van der Waals surface area contributed by atoms with E-state index in [9.17, 15) is 22.0 Å². The van der Waals surface area contributed by atoms with Crippen LogP contribution >= 0.6 is 11.6 Å². The van der Waals surface area contributed by atoms with Gasteiger partial charge in [0.15, 0.2) is 0 Å². The van der Waals surface area contributed by atoms with Gasteiger partial charge in [0.2, 0.25) is 10.0 Å². The number of carboxylic acids is 1. The lowest BCUT2D eigenvalue weighted by atomic mass is 10.1. The Kier molecular flexibility index (Phi) is 4.50. The summed E-state index contributed by atoms with van der Waals surface area (Å²) in [6, 6.07) is 3.07. The van der Waals surface area contributed by atoms with Crippen molar-refractivity contribution in [1.29, 1.82) is 0 Å². The van der Waals surface area contributed by atoms with Gasteiger partial charge in [-0.05, 0) is 18.2 Å². The maximum atomic E-state index is 13.3. The lowest BCUT2D eigenvalue weighted by Crippen LogP contribution is -2.45. The normalized spacial score (nSPS) is 24.0. The molecule has 0 spiro atoms.